The highest BCUT2D eigenvalue weighted by Crippen LogP contribution is 2.34. The summed E-state index contributed by atoms with van der Waals surface area (Å²) in [4.78, 5) is 17.7. The topological polar surface area (TPSA) is 79.4 Å². The number of nitrogen functional groups attached to an aromatic ring is 1. The van der Waals surface area contributed by atoms with Crippen LogP contribution in [0.5, 0.6) is 5.75 Å². The lowest BCUT2D eigenvalue weighted by atomic mass is 10.0. The fourth-order valence-electron chi connectivity index (χ4n) is 4.33. The molecule has 0 spiro atoms. The number of ether oxygens (including phenoxy) is 2. The summed E-state index contributed by atoms with van der Waals surface area (Å²) in [5.41, 5.74) is 9.87. The van der Waals surface area contributed by atoms with Crippen molar-refractivity contribution >= 4 is 16.9 Å². The molecule has 2 atom stereocenters. The average Bonchev–Trinajstić information content (AvgIpc) is 3.31. The third-order valence-electron chi connectivity index (χ3n) is 6.07. The number of benzene rings is 3. The van der Waals surface area contributed by atoms with Crippen molar-refractivity contribution in [3.8, 4) is 16.9 Å². The second-order valence-electron chi connectivity index (χ2n) is 8.08. The molecule has 1 fully saturated rings. The molecule has 32 heavy (non-hydrogen) atoms. The Bertz CT molecular complexity index is 1300. The van der Waals surface area contributed by atoms with Crippen molar-refractivity contribution in [2.24, 2.45) is 0 Å². The maximum absolute atomic E-state index is 13.2. The normalized spacial score (nSPS) is 18.2. The van der Waals surface area contributed by atoms with Gasteiger partial charge in [0, 0.05) is 0 Å². The molecule has 2 heterocycles. The van der Waals surface area contributed by atoms with Crippen LogP contribution in [0.1, 0.15) is 24.5 Å². The van der Waals surface area contributed by atoms with E-state index in [2.05, 4.69) is 4.98 Å². The highest BCUT2D eigenvalue weighted by atomic mass is 16.5. The summed E-state index contributed by atoms with van der Waals surface area (Å²) >= 11 is 0. The predicted octanol–water partition coefficient (Wildman–Crippen LogP) is 4.57. The summed E-state index contributed by atoms with van der Waals surface area (Å²) in [6.45, 7) is 0.390. The molecule has 5 rings (SSSR count). The van der Waals surface area contributed by atoms with Gasteiger partial charge in [0.15, 0.2) is 0 Å². The van der Waals surface area contributed by atoms with E-state index in [0.29, 0.717) is 17.4 Å². The molecule has 4 aromatic rings. The third kappa shape index (κ3) is 3.85. The molecule has 0 aliphatic carbocycles. The van der Waals surface area contributed by atoms with Crippen LogP contribution in [0.3, 0.4) is 0 Å². The van der Waals surface area contributed by atoms with Crippen molar-refractivity contribution in [1.82, 2.24) is 9.55 Å². The fourth-order valence-corrected chi connectivity index (χ4v) is 4.33. The molecule has 1 saturated heterocycles. The van der Waals surface area contributed by atoms with Gasteiger partial charge in [-0.3, -0.25) is 9.36 Å². The van der Waals surface area contributed by atoms with Crippen LogP contribution in [0.4, 0.5) is 5.95 Å². The molecular formula is C26H25N3O3. The van der Waals surface area contributed by atoms with Crippen molar-refractivity contribution in [3.63, 3.8) is 0 Å². The van der Waals surface area contributed by atoms with Gasteiger partial charge in [-0.05, 0) is 53.8 Å². The number of hydrogen-bond donors (Lipinski definition) is 1. The zero-order chi connectivity index (χ0) is 22.1. The standard InChI is InChI=1S/C26H25N3O3/c1-31-20-10-7-18(8-11-20)24-14-12-21(32-24)16-29-25(30)22-13-9-19(15-23(22)28-26(29)27)17-5-3-2-4-6-17/h2-11,13,15,21,24H,12,14,16H2,1H3,(H2,27,28). The van der Waals surface area contributed by atoms with Crippen LogP contribution >= 0.6 is 0 Å². The zero-order valence-corrected chi connectivity index (χ0v) is 17.9. The summed E-state index contributed by atoms with van der Waals surface area (Å²) in [7, 11) is 1.65. The summed E-state index contributed by atoms with van der Waals surface area (Å²) in [5, 5.41) is 0.559. The first-order chi connectivity index (χ1) is 15.6. The van der Waals surface area contributed by atoms with Crippen molar-refractivity contribution in [1.29, 1.82) is 0 Å². The van der Waals surface area contributed by atoms with Crippen LogP contribution in [0, 0.1) is 0 Å². The fraction of sp³-hybridized carbons (Fsp3) is 0.231. The van der Waals surface area contributed by atoms with E-state index in [0.717, 1.165) is 35.3 Å². The van der Waals surface area contributed by atoms with Crippen LogP contribution in [0.2, 0.25) is 0 Å². The average molecular weight is 428 g/mol. The van der Waals surface area contributed by atoms with E-state index in [4.69, 9.17) is 15.2 Å². The zero-order valence-electron chi connectivity index (χ0n) is 17.9. The minimum Gasteiger partial charge on any atom is -0.497 e. The molecule has 0 radical (unpaired) electrons. The van der Waals surface area contributed by atoms with E-state index in [1.807, 2.05) is 72.8 Å². The lowest BCUT2D eigenvalue weighted by Gasteiger charge is -2.17. The van der Waals surface area contributed by atoms with E-state index < -0.39 is 0 Å². The van der Waals surface area contributed by atoms with Gasteiger partial charge in [0.2, 0.25) is 5.95 Å². The molecule has 3 aromatic carbocycles. The molecule has 0 amide bonds. The van der Waals surface area contributed by atoms with Crippen LogP contribution in [-0.2, 0) is 11.3 Å². The van der Waals surface area contributed by atoms with E-state index >= 15 is 0 Å². The number of rotatable bonds is 5. The Kier molecular flexibility index (Phi) is 5.37. The minimum absolute atomic E-state index is 0.00433. The van der Waals surface area contributed by atoms with Gasteiger partial charge in [-0.1, -0.05) is 48.5 Å². The Balaban J connectivity index is 1.38. The Morgan fingerprint density at radius 3 is 2.56 bits per heavy atom. The molecule has 1 aliphatic rings. The monoisotopic (exact) mass is 427 g/mol. The maximum Gasteiger partial charge on any atom is 0.262 e. The maximum atomic E-state index is 13.2. The Morgan fingerprint density at radius 1 is 1.03 bits per heavy atom. The quantitative estimate of drug-likeness (QED) is 0.505. The smallest absolute Gasteiger partial charge is 0.262 e. The van der Waals surface area contributed by atoms with Crippen molar-refractivity contribution < 1.29 is 9.47 Å². The highest BCUT2D eigenvalue weighted by molar-refractivity contribution is 5.84. The highest BCUT2D eigenvalue weighted by Gasteiger charge is 2.28. The molecular weight excluding hydrogens is 402 g/mol. The van der Waals surface area contributed by atoms with Gasteiger partial charge in [0.25, 0.3) is 5.56 Å². The summed E-state index contributed by atoms with van der Waals surface area (Å²) in [6, 6.07) is 23.6. The molecule has 0 saturated carbocycles. The number of aromatic nitrogens is 2. The molecule has 6 heteroatoms. The number of methoxy groups -OCH3 is 1. The molecule has 6 nitrogen and oxygen atoms in total. The van der Waals surface area contributed by atoms with Gasteiger partial charge in [0.05, 0.1) is 36.8 Å². The molecule has 1 aromatic heterocycles. The number of nitrogens with zero attached hydrogens (tertiary/aromatic N) is 2. The molecule has 0 bridgehead atoms. The van der Waals surface area contributed by atoms with Crippen LogP contribution in [0.25, 0.3) is 22.0 Å². The van der Waals surface area contributed by atoms with Gasteiger partial charge < -0.3 is 15.2 Å². The number of nitrogens with two attached hydrogens (primary N) is 1. The van der Waals surface area contributed by atoms with Crippen molar-refractivity contribution in [3.05, 3.63) is 88.7 Å². The Labute approximate surface area is 186 Å². The van der Waals surface area contributed by atoms with E-state index in [9.17, 15) is 4.79 Å². The third-order valence-corrected chi connectivity index (χ3v) is 6.07. The van der Waals surface area contributed by atoms with E-state index in [1.54, 1.807) is 7.11 Å². The number of hydrogen-bond acceptors (Lipinski definition) is 5. The first-order valence-electron chi connectivity index (χ1n) is 10.8. The lowest BCUT2D eigenvalue weighted by molar-refractivity contribution is 0.0348. The van der Waals surface area contributed by atoms with Crippen molar-refractivity contribution in [2.75, 3.05) is 12.8 Å². The Hall–Kier alpha value is -3.64. The van der Waals surface area contributed by atoms with Gasteiger partial charge in [-0.25, -0.2) is 4.98 Å². The molecule has 2 unspecified atom stereocenters. The summed E-state index contributed by atoms with van der Waals surface area (Å²) in [5.74, 6) is 1.03. The molecule has 162 valence electrons. The van der Waals surface area contributed by atoms with Gasteiger partial charge in [-0.2, -0.15) is 0 Å². The number of anilines is 1. The minimum atomic E-state index is -0.136. The second-order valence-corrected chi connectivity index (χ2v) is 8.08. The number of fused-ring (bicyclic) bond motifs is 1. The van der Waals surface area contributed by atoms with Crippen LogP contribution in [0.15, 0.2) is 77.6 Å². The van der Waals surface area contributed by atoms with Gasteiger partial charge in [0.1, 0.15) is 5.75 Å². The summed E-state index contributed by atoms with van der Waals surface area (Å²) < 4.78 is 13.0. The second kappa shape index (κ2) is 8.48. The Morgan fingerprint density at radius 2 is 1.81 bits per heavy atom. The van der Waals surface area contributed by atoms with Gasteiger partial charge >= 0.3 is 0 Å². The summed E-state index contributed by atoms with van der Waals surface area (Å²) in [6.07, 6.45) is 1.66. The lowest BCUT2D eigenvalue weighted by Crippen LogP contribution is -2.29. The van der Waals surface area contributed by atoms with Crippen LogP contribution in [-0.4, -0.2) is 22.8 Å². The van der Waals surface area contributed by atoms with E-state index in [1.165, 1.54) is 4.57 Å². The first kappa shape index (κ1) is 20.3. The van der Waals surface area contributed by atoms with E-state index in [-0.39, 0.29) is 23.7 Å². The van der Waals surface area contributed by atoms with Gasteiger partial charge in [-0.15, -0.1) is 0 Å². The molecule has 1 aliphatic heterocycles. The molecule has 2 N–H and O–H groups in total. The SMILES string of the molecule is COc1ccc(C2CCC(Cn3c(N)nc4cc(-c5ccccc5)ccc4c3=O)O2)cc1. The predicted molar refractivity (Wildman–Crippen MR) is 126 cm³/mol. The largest absolute Gasteiger partial charge is 0.497 e. The van der Waals surface area contributed by atoms with Crippen LogP contribution < -0.4 is 16.0 Å². The first-order valence-corrected chi connectivity index (χ1v) is 10.8. The van der Waals surface area contributed by atoms with Crippen molar-refractivity contribution in [2.45, 2.75) is 31.6 Å².